The zero-order valence-electron chi connectivity index (χ0n) is 7.13. The van der Waals surface area contributed by atoms with Crippen LogP contribution >= 0.6 is 23.2 Å². The zero-order valence-corrected chi connectivity index (χ0v) is 8.64. The van der Waals surface area contributed by atoms with Crippen LogP contribution < -0.4 is 0 Å². The molecule has 1 aromatic rings. The van der Waals surface area contributed by atoms with Gasteiger partial charge in [-0.25, -0.2) is 0 Å². The van der Waals surface area contributed by atoms with Gasteiger partial charge >= 0.3 is 0 Å². The lowest BCUT2D eigenvalue weighted by atomic mass is 10.1. The van der Waals surface area contributed by atoms with Crippen molar-refractivity contribution in [2.24, 2.45) is 0 Å². The van der Waals surface area contributed by atoms with E-state index in [1.807, 2.05) is 0 Å². The number of halogens is 2. The van der Waals surface area contributed by atoms with Gasteiger partial charge in [0.25, 0.3) is 5.91 Å². The summed E-state index contributed by atoms with van der Waals surface area (Å²) in [5, 5.41) is 9.61. The topological polar surface area (TPSA) is 56.3 Å². The van der Waals surface area contributed by atoms with E-state index in [4.69, 9.17) is 28.3 Å². The van der Waals surface area contributed by atoms with Gasteiger partial charge in [-0.2, -0.15) is 0 Å². The van der Waals surface area contributed by atoms with Gasteiger partial charge in [0.1, 0.15) is 10.8 Å². The van der Waals surface area contributed by atoms with Gasteiger partial charge in [-0.05, 0) is 6.07 Å². The third-order valence-corrected chi connectivity index (χ3v) is 2.80. The van der Waals surface area contributed by atoms with Crippen LogP contribution in [0.2, 0.25) is 10.2 Å². The van der Waals surface area contributed by atoms with E-state index < -0.39 is 6.10 Å². The minimum Gasteiger partial charge on any atom is -0.389 e. The highest BCUT2D eigenvalue weighted by molar-refractivity contribution is 6.41. The van der Waals surface area contributed by atoms with Crippen LogP contribution in [0.5, 0.6) is 0 Å². The molecule has 0 spiro atoms. The maximum absolute atomic E-state index is 11.6. The smallest absolute Gasteiger partial charge is 0.270 e. The first-order valence-corrected chi connectivity index (χ1v) is 4.85. The van der Waals surface area contributed by atoms with Gasteiger partial charge in [0.15, 0.2) is 0 Å². The zero-order chi connectivity index (χ0) is 10.3. The van der Waals surface area contributed by atoms with Crippen molar-refractivity contribution in [3.05, 3.63) is 21.9 Å². The summed E-state index contributed by atoms with van der Waals surface area (Å²) < 4.78 is 0. The van der Waals surface area contributed by atoms with Gasteiger partial charge in [-0.15, -0.1) is 0 Å². The van der Waals surface area contributed by atoms with Crippen molar-refractivity contribution in [3.8, 4) is 0 Å². The Morgan fingerprint density at radius 1 is 1.57 bits per heavy atom. The standard InChI is InChI=1S/C8H8Cl2N2O2/c9-5-1-6(11-7(5)10)8(14)12-2-4(13)3-12/h1,4,11,13H,2-3H2. The predicted octanol–water partition coefficient (Wildman–Crippen LogP) is 1.14. The van der Waals surface area contributed by atoms with Crippen molar-refractivity contribution in [1.82, 2.24) is 9.88 Å². The van der Waals surface area contributed by atoms with Crippen LogP contribution in [-0.4, -0.2) is 40.1 Å². The van der Waals surface area contributed by atoms with E-state index >= 15 is 0 Å². The minimum atomic E-state index is -0.403. The largest absolute Gasteiger partial charge is 0.389 e. The Balaban J connectivity index is 2.12. The Bertz CT molecular complexity index is 352. The van der Waals surface area contributed by atoms with Crippen LogP contribution in [0.1, 0.15) is 10.5 Å². The molecule has 4 nitrogen and oxygen atoms in total. The van der Waals surface area contributed by atoms with Crippen molar-refractivity contribution in [3.63, 3.8) is 0 Å². The number of hydrogen-bond acceptors (Lipinski definition) is 2. The number of aromatic amines is 1. The molecule has 0 bridgehead atoms. The van der Waals surface area contributed by atoms with E-state index in [0.717, 1.165) is 0 Å². The fraction of sp³-hybridized carbons (Fsp3) is 0.375. The number of aliphatic hydroxyl groups is 1. The maximum Gasteiger partial charge on any atom is 0.270 e. The van der Waals surface area contributed by atoms with Crippen LogP contribution in [0.15, 0.2) is 6.07 Å². The number of hydrogen-bond donors (Lipinski definition) is 2. The number of aromatic nitrogens is 1. The van der Waals surface area contributed by atoms with Gasteiger partial charge in [0.05, 0.1) is 11.1 Å². The number of carbonyl (C=O) groups excluding carboxylic acids is 1. The van der Waals surface area contributed by atoms with E-state index in [0.29, 0.717) is 23.8 Å². The Morgan fingerprint density at radius 3 is 2.64 bits per heavy atom. The quantitative estimate of drug-likeness (QED) is 0.766. The molecule has 0 aliphatic carbocycles. The van der Waals surface area contributed by atoms with Crippen molar-refractivity contribution in [2.45, 2.75) is 6.10 Å². The number of β-amino-alcohol motifs (C(OH)–C–C–N with tert-alkyl or cyclic N) is 1. The summed E-state index contributed by atoms with van der Waals surface area (Å²) >= 11 is 11.3. The highest BCUT2D eigenvalue weighted by Gasteiger charge is 2.30. The molecule has 0 radical (unpaired) electrons. The fourth-order valence-electron chi connectivity index (χ4n) is 1.31. The second kappa shape index (κ2) is 3.46. The molecule has 0 atom stereocenters. The number of nitrogens with zero attached hydrogens (tertiary/aromatic N) is 1. The van der Waals surface area contributed by atoms with Crippen molar-refractivity contribution in [1.29, 1.82) is 0 Å². The first-order valence-electron chi connectivity index (χ1n) is 4.09. The Kier molecular flexibility index (Phi) is 2.43. The number of aliphatic hydroxyl groups excluding tert-OH is 1. The maximum atomic E-state index is 11.6. The van der Waals surface area contributed by atoms with E-state index in [1.54, 1.807) is 0 Å². The first-order chi connectivity index (χ1) is 6.58. The Hall–Kier alpha value is -0.710. The van der Waals surface area contributed by atoms with Crippen LogP contribution in [-0.2, 0) is 0 Å². The summed E-state index contributed by atoms with van der Waals surface area (Å²) in [5.41, 5.74) is 0.354. The number of carbonyl (C=O) groups is 1. The molecule has 1 amide bonds. The molecule has 76 valence electrons. The SMILES string of the molecule is O=C(c1cc(Cl)c(Cl)[nH]1)N1CC(O)C1. The molecule has 14 heavy (non-hydrogen) atoms. The molecule has 6 heteroatoms. The summed E-state index contributed by atoms with van der Waals surface area (Å²) in [6.07, 6.45) is -0.403. The van der Waals surface area contributed by atoms with Crippen molar-refractivity contribution >= 4 is 29.1 Å². The molecule has 1 aliphatic heterocycles. The summed E-state index contributed by atoms with van der Waals surface area (Å²) in [4.78, 5) is 15.8. The Morgan fingerprint density at radius 2 is 2.21 bits per heavy atom. The van der Waals surface area contributed by atoms with Gasteiger partial charge in [0.2, 0.25) is 0 Å². The highest BCUT2D eigenvalue weighted by atomic mass is 35.5. The van der Waals surface area contributed by atoms with Crippen LogP contribution in [0.4, 0.5) is 0 Å². The number of likely N-dealkylation sites (tertiary alicyclic amines) is 1. The molecular weight excluding hydrogens is 227 g/mol. The van der Waals surface area contributed by atoms with E-state index in [-0.39, 0.29) is 11.1 Å². The van der Waals surface area contributed by atoms with Crippen molar-refractivity contribution < 1.29 is 9.90 Å². The predicted molar refractivity (Wildman–Crippen MR) is 52.7 cm³/mol. The summed E-state index contributed by atoms with van der Waals surface area (Å²) in [7, 11) is 0. The highest BCUT2D eigenvalue weighted by Crippen LogP contribution is 2.23. The number of rotatable bonds is 1. The monoisotopic (exact) mass is 234 g/mol. The molecule has 1 saturated heterocycles. The first kappa shape index (κ1) is 9.83. The van der Waals surface area contributed by atoms with Gasteiger partial charge in [0, 0.05) is 13.1 Å². The van der Waals surface area contributed by atoms with Gasteiger partial charge in [-0.3, -0.25) is 4.79 Å². The van der Waals surface area contributed by atoms with E-state index in [1.165, 1.54) is 11.0 Å². The molecule has 1 fully saturated rings. The van der Waals surface area contributed by atoms with E-state index in [9.17, 15) is 4.79 Å². The second-order valence-electron chi connectivity index (χ2n) is 3.21. The number of H-pyrrole nitrogens is 1. The molecule has 2 rings (SSSR count). The minimum absolute atomic E-state index is 0.191. The van der Waals surface area contributed by atoms with Gasteiger partial charge < -0.3 is 15.0 Å². The summed E-state index contributed by atoms with van der Waals surface area (Å²) in [6.45, 7) is 0.736. The lowest BCUT2D eigenvalue weighted by molar-refractivity contribution is 0.00555. The molecular formula is C8H8Cl2N2O2. The summed E-state index contributed by atoms with van der Waals surface area (Å²) in [6, 6.07) is 1.48. The molecule has 0 saturated carbocycles. The lowest BCUT2D eigenvalue weighted by Gasteiger charge is -2.35. The molecule has 0 aromatic carbocycles. The second-order valence-corrected chi connectivity index (χ2v) is 3.99. The Labute approximate surface area is 90.4 Å². The number of nitrogens with one attached hydrogen (secondary N) is 1. The molecule has 1 aromatic heterocycles. The van der Waals surface area contributed by atoms with Crippen molar-refractivity contribution in [2.75, 3.05) is 13.1 Å². The molecule has 1 aliphatic rings. The van der Waals surface area contributed by atoms with Gasteiger partial charge in [-0.1, -0.05) is 23.2 Å². The average molecular weight is 235 g/mol. The lowest BCUT2D eigenvalue weighted by Crippen LogP contribution is -2.53. The number of amides is 1. The van der Waals surface area contributed by atoms with Crippen LogP contribution in [0.3, 0.4) is 0 Å². The third kappa shape index (κ3) is 1.61. The van der Waals surface area contributed by atoms with Crippen LogP contribution in [0.25, 0.3) is 0 Å². The molecule has 0 unspecified atom stereocenters. The third-order valence-electron chi connectivity index (χ3n) is 2.11. The fourth-order valence-corrected chi connectivity index (χ4v) is 1.62. The normalized spacial score (nSPS) is 16.9. The summed E-state index contributed by atoms with van der Waals surface area (Å²) in [5.74, 6) is -0.191. The molecule has 2 heterocycles. The van der Waals surface area contributed by atoms with E-state index in [2.05, 4.69) is 4.98 Å². The molecule has 2 N–H and O–H groups in total. The average Bonchev–Trinajstić information content (AvgIpc) is 2.41. The van der Waals surface area contributed by atoms with Crippen LogP contribution in [0, 0.1) is 0 Å².